The van der Waals surface area contributed by atoms with Crippen LogP contribution >= 0.6 is 11.6 Å². The molecule has 1 N–H and O–H groups in total. The van der Waals surface area contributed by atoms with E-state index in [0.29, 0.717) is 0 Å². The molecule has 3 rings (SSSR count). The standard InChI is InChI=1S/C19H22ClN5O3/c1-5-12-6-8-13(9-7-12)11(2)21-14(26)10-25-15-16(22-18(25)20)23(3)19(28)24(4)17(15)27/h6-9,11H,5,10H2,1-4H3,(H,21,26)/t11-/m0/s1. The Morgan fingerprint density at radius 3 is 2.43 bits per heavy atom. The molecule has 1 atom stereocenters. The zero-order valence-electron chi connectivity index (χ0n) is 16.2. The monoisotopic (exact) mass is 403 g/mol. The number of hydrogen-bond donors (Lipinski definition) is 1. The van der Waals surface area contributed by atoms with Gasteiger partial charge in [-0.25, -0.2) is 4.79 Å². The van der Waals surface area contributed by atoms with Crippen molar-refractivity contribution in [1.29, 1.82) is 0 Å². The molecule has 0 saturated heterocycles. The highest BCUT2D eigenvalue weighted by Gasteiger charge is 2.20. The van der Waals surface area contributed by atoms with E-state index in [2.05, 4.69) is 17.2 Å². The minimum absolute atomic E-state index is 0.0246. The number of benzene rings is 1. The first-order chi connectivity index (χ1) is 13.2. The number of nitrogens with one attached hydrogen (secondary N) is 1. The molecule has 148 valence electrons. The van der Waals surface area contributed by atoms with Crippen molar-refractivity contribution in [3.8, 4) is 0 Å². The number of aromatic nitrogens is 4. The molecule has 0 fully saturated rings. The summed E-state index contributed by atoms with van der Waals surface area (Å²) < 4.78 is 3.52. The molecule has 0 aliphatic heterocycles. The van der Waals surface area contributed by atoms with Crippen molar-refractivity contribution < 1.29 is 4.79 Å². The van der Waals surface area contributed by atoms with Crippen LogP contribution in [-0.4, -0.2) is 24.6 Å². The van der Waals surface area contributed by atoms with Crippen LogP contribution < -0.4 is 16.6 Å². The quantitative estimate of drug-likeness (QED) is 0.654. The normalized spacial score (nSPS) is 12.3. The van der Waals surface area contributed by atoms with E-state index in [4.69, 9.17) is 11.6 Å². The summed E-state index contributed by atoms with van der Waals surface area (Å²) in [6.45, 7) is 3.79. The van der Waals surface area contributed by atoms with E-state index in [-0.39, 0.29) is 34.9 Å². The van der Waals surface area contributed by atoms with Crippen LogP contribution in [0.15, 0.2) is 33.9 Å². The second-order valence-electron chi connectivity index (χ2n) is 6.73. The molecule has 28 heavy (non-hydrogen) atoms. The maximum Gasteiger partial charge on any atom is 0.332 e. The van der Waals surface area contributed by atoms with Gasteiger partial charge in [0.2, 0.25) is 11.2 Å². The molecule has 0 bridgehead atoms. The highest BCUT2D eigenvalue weighted by atomic mass is 35.5. The number of imidazole rings is 1. The van der Waals surface area contributed by atoms with Gasteiger partial charge < -0.3 is 5.32 Å². The molecule has 1 aromatic carbocycles. The van der Waals surface area contributed by atoms with Gasteiger partial charge in [0.25, 0.3) is 5.56 Å². The summed E-state index contributed by atoms with van der Waals surface area (Å²) in [5.41, 5.74) is 1.41. The first-order valence-electron chi connectivity index (χ1n) is 8.94. The van der Waals surface area contributed by atoms with Crippen molar-refractivity contribution >= 4 is 28.7 Å². The van der Waals surface area contributed by atoms with Gasteiger partial charge in [0.1, 0.15) is 6.54 Å². The van der Waals surface area contributed by atoms with E-state index in [9.17, 15) is 14.4 Å². The Morgan fingerprint density at radius 1 is 1.18 bits per heavy atom. The van der Waals surface area contributed by atoms with E-state index in [1.807, 2.05) is 31.2 Å². The number of rotatable bonds is 5. The van der Waals surface area contributed by atoms with E-state index in [0.717, 1.165) is 16.6 Å². The molecule has 0 aliphatic rings. The molecular weight excluding hydrogens is 382 g/mol. The largest absolute Gasteiger partial charge is 0.348 e. The minimum atomic E-state index is -0.548. The Balaban J connectivity index is 1.88. The van der Waals surface area contributed by atoms with Gasteiger partial charge in [0, 0.05) is 14.1 Å². The van der Waals surface area contributed by atoms with Gasteiger partial charge in [-0.05, 0) is 36.1 Å². The number of nitrogens with zero attached hydrogens (tertiary/aromatic N) is 4. The topological polar surface area (TPSA) is 90.9 Å². The molecule has 2 heterocycles. The maximum absolute atomic E-state index is 12.6. The summed E-state index contributed by atoms with van der Waals surface area (Å²) in [7, 11) is 2.87. The van der Waals surface area contributed by atoms with Crippen LogP contribution in [0.4, 0.5) is 0 Å². The Kier molecular flexibility index (Phi) is 5.42. The average molecular weight is 404 g/mol. The predicted molar refractivity (Wildman–Crippen MR) is 108 cm³/mol. The smallest absolute Gasteiger partial charge is 0.332 e. The number of carbonyl (C=O) groups is 1. The third kappa shape index (κ3) is 3.47. The summed E-state index contributed by atoms with van der Waals surface area (Å²) in [6.07, 6.45) is 0.949. The number of hydrogen-bond acceptors (Lipinski definition) is 4. The third-order valence-corrected chi connectivity index (χ3v) is 5.16. The Morgan fingerprint density at radius 2 is 1.82 bits per heavy atom. The van der Waals surface area contributed by atoms with Gasteiger partial charge >= 0.3 is 5.69 Å². The Labute approximate surface area is 166 Å². The SMILES string of the molecule is CCc1ccc([C@H](C)NC(=O)Cn2c(Cl)nc3c2c(=O)n(C)c(=O)n3C)cc1. The molecular formula is C19H22ClN5O3. The van der Waals surface area contributed by atoms with Crippen molar-refractivity contribution in [3.63, 3.8) is 0 Å². The van der Waals surface area contributed by atoms with E-state index < -0.39 is 11.2 Å². The minimum Gasteiger partial charge on any atom is -0.348 e. The average Bonchev–Trinajstić information content (AvgIpc) is 3.01. The summed E-state index contributed by atoms with van der Waals surface area (Å²) in [4.78, 5) is 41.2. The van der Waals surface area contributed by atoms with Crippen LogP contribution in [0.3, 0.4) is 0 Å². The zero-order chi connectivity index (χ0) is 20.6. The predicted octanol–water partition coefficient (Wildman–Crippen LogP) is 1.53. The van der Waals surface area contributed by atoms with Gasteiger partial charge in [-0.3, -0.25) is 23.3 Å². The lowest BCUT2D eigenvalue weighted by Crippen LogP contribution is -2.38. The molecule has 0 radical (unpaired) electrons. The van der Waals surface area contributed by atoms with E-state index >= 15 is 0 Å². The molecule has 0 saturated carbocycles. The van der Waals surface area contributed by atoms with Crippen molar-refractivity contribution in [1.82, 2.24) is 24.0 Å². The molecule has 0 spiro atoms. The number of halogens is 1. The number of fused-ring (bicyclic) bond motifs is 1. The highest BCUT2D eigenvalue weighted by Crippen LogP contribution is 2.17. The molecule has 0 unspecified atom stereocenters. The van der Waals surface area contributed by atoms with Crippen molar-refractivity contribution in [2.45, 2.75) is 32.9 Å². The van der Waals surface area contributed by atoms with Crippen LogP contribution in [0.2, 0.25) is 5.28 Å². The fourth-order valence-electron chi connectivity index (χ4n) is 3.12. The zero-order valence-corrected chi connectivity index (χ0v) is 16.9. The summed E-state index contributed by atoms with van der Waals surface area (Å²) in [5.74, 6) is -0.316. The lowest BCUT2D eigenvalue weighted by molar-refractivity contribution is -0.122. The molecule has 8 nitrogen and oxygen atoms in total. The van der Waals surface area contributed by atoms with Crippen LogP contribution in [0.5, 0.6) is 0 Å². The van der Waals surface area contributed by atoms with Crippen LogP contribution in [-0.2, 0) is 31.9 Å². The van der Waals surface area contributed by atoms with Gasteiger partial charge in [0.05, 0.1) is 6.04 Å². The lowest BCUT2D eigenvalue weighted by atomic mass is 10.1. The van der Waals surface area contributed by atoms with Crippen molar-refractivity contribution in [2.75, 3.05) is 0 Å². The summed E-state index contributed by atoms with van der Waals surface area (Å²) >= 11 is 6.16. The first kappa shape index (κ1) is 19.9. The first-order valence-corrected chi connectivity index (χ1v) is 9.32. The van der Waals surface area contributed by atoms with Crippen LogP contribution in [0.1, 0.15) is 31.0 Å². The van der Waals surface area contributed by atoms with Gasteiger partial charge in [0.15, 0.2) is 11.2 Å². The van der Waals surface area contributed by atoms with Gasteiger partial charge in [-0.1, -0.05) is 31.2 Å². The highest BCUT2D eigenvalue weighted by molar-refractivity contribution is 6.29. The molecule has 0 aliphatic carbocycles. The second-order valence-corrected chi connectivity index (χ2v) is 7.07. The number of aryl methyl sites for hydroxylation is 2. The summed E-state index contributed by atoms with van der Waals surface area (Å²) in [6, 6.07) is 7.81. The molecule has 1 amide bonds. The second kappa shape index (κ2) is 7.63. The van der Waals surface area contributed by atoms with E-state index in [1.54, 1.807) is 0 Å². The Bertz CT molecular complexity index is 1160. The lowest BCUT2D eigenvalue weighted by Gasteiger charge is -2.15. The van der Waals surface area contributed by atoms with Gasteiger partial charge in [-0.2, -0.15) is 4.98 Å². The van der Waals surface area contributed by atoms with Crippen molar-refractivity contribution in [3.05, 3.63) is 61.5 Å². The fourth-order valence-corrected chi connectivity index (χ4v) is 3.34. The number of amides is 1. The third-order valence-electron chi connectivity index (χ3n) is 4.87. The Hall–Kier alpha value is -2.87. The molecule has 3 aromatic rings. The van der Waals surface area contributed by atoms with Crippen LogP contribution in [0.25, 0.3) is 11.2 Å². The van der Waals surface area contributed by atoms with Crippen molar-refractivity contribution in [2.24, 2.45) is 14.1 Å². The van der Waals surface area contributed by atoms with Gasteiger partial charge in [-0.15, -0.1) is 0 Å². The maximum atomic E-state index is 12.6. The fraction of sp³-hybridized carbons (Fsp3) is 0.368. The molecule has 9 heteroatoms. The molecule has 2 aromatic heterocycles. The number of carbonyl (C=O) groups excluding carboxylic acids is 1. The van der Waals surface area contributed by atoms with Crippen LogP contribution in [0, 0.1) is 0 Å². The van der Waals surface area contributed by atoms with E-state index in [1.165, 1.54) is 28.8 Å². The summed E-state index contributed by atoms with van der Waals surface area (Å²) in [5, 5.41) is 2.88.